The predicted octanol–water partition coefficient (Wildman–Crippen LogP) is 3.01. The first-order valence-electron chi connectivity index (χ1n) is 6.91. The van der Waals surface area contributed by atoms with E-state index < -0.39 is 6.10 Å². The van der Waals surface area contributed by atoms with Crippen LogP contribution in [0.2, 0.25) is 0 Å². The highest BCUT2D eigenvalue weighted by molar-refractivity contribution is 5.63. The molecule has 0 saturated carbocycles. The van der Waals surface area contributed by atoms with Crippen LogP contribution in [0.25, 0.3) is 11.4 Å². The van der Waals surface area contributed by atoms with Gasteiger partial charge >= 0.3 is 0 Å². The van der Waals surface area contributed by atoms with Crippen molar-refractivity contribution in [2.24, 2.45) is 0 Å². The zero-order valence-corrected chi connectivity index (χ0v) is 12.0. The average Bonchev–Trinajstić information content (AvgIpc) is 2.96. The quantitative estimate of drug-likeness (QED) is 0.878. The van der Waals surface area contributed by atoms with Crippen LogP contribution in [-0.4, -0.2) is 28.0 Å². The Labute approximate surface area is 118 Å². The smallest absolute Gasteiger partial charge is 0.232 e. The predicted molar refractivity (Wildman–Crippen MR) is 75.6 cm³/mol. The lowest BCUT2D eigenvalue weighted by Gasteiger charge is -2.12. The fourth-order valence-corrected chi connectivity index (χ4v) is 1.98. The number of aliphatic hydroxyl groups is 1. The molecule has 20 heavy (non-hydrogen) atoms. The third kappa shape index (κ3) is 2.99. The second-order valence-electron chi connectivity index (χ2n) is 4.65. The number of hydrogen-bond acceptors (Lipinski definition) is 5. The molecule has 0 amide bonds. The van der Waals surface area contributed by atoms with Gasteiger partial charge in [-0.1, -0.05) is 31.1 Å². The summed E-state index contributed by atoms with van der Waals surface area (Å²) in [5.74, 6) is 1.48. The first-order chi connectivity index (χ1) is 9.67. The van der Waals surface area contributed by atoms with Gasteiger partial charge in [-0.15, -0.1) is 0 Å². The van der Waals surface area contributed by atoms with Crippen LogP contribution in [0.4, 0.5) is 0 Å². The SMILES string of the molecule is CCOc1ccccc1-c1noc(C(C)C(O)CC)n1. The molecule has 0 spiro atoms. The second kappa shape index (κ2) is 6.52. The standard InChI is InChI=1S/C15H20N2O3/c1-4-12(18)10(3)15-16-14(17-20-15)11-8-6-7-9-13(11)19-5-2/h6-10,12,18H,4-5H2,1-3H3. The maximum Gasteiger partial charge on any atom is 0.232 e. The number of rotatable bonds is 6. The molecule has 2 rings (SSSR count). The van der Waals surface area contributed by atoms with Crippen LogP contribution in [-0.2, 0) is 0 Å². The molecule has 5 heteroatoms. The summed E-state index contributed by atoms with van der Waals surface area (Å²) in [6.07, 6.45) is 0.166. The van der Waals surface area contributed by atoms with E-state index >= 15 is 0 Å². The molecule has 1 aromatic carbocycles. The Bertz CT molecular complexity index is 554. The first kappa shape index (κ1) is 14.5. The number of hydrogen-bond donors (Lipinski definition) is 1. The topological polar surface area (TPSA) is 68.4 Å². The monoisotopic (exact) mass is 276 g/mol. The van der Waals surface area contributed by atoms with Gasteiger partial charge in [0.15, 0.2) is 0 Å². The molecule has 1 N–H and O–H groups in total. The molecule has 1 heterocycles. The molecule has 1 aromatic heterocycles. The number of benzene rings is 1. The van der Waals surface area contributed by atoms with E-state index in [1.807, 2.05) is 45.0 Å². The van der Waals surface area contributed by atoms with Gasteiger partial charge in [-0.3, -0.25) is 0 Å². The summed E-state index contributed by atoms with van der Waals surface area (Å²) >= 11 is 0. The number of aromatic nitrogens is 2. The molecule has 0 saturated heterocycles. The third-order valence-electron chi connectivity index (χ3n) is 3.25. The highest BCUT2D eigenvalue weighted by Crippen LogP contribution is 2.29. The van der Waals surface area contributed by atoms with E-state index in [4.69, 9.17) is 9.26 Å². The zero-order valence-electron chi connectivity index (χ0n) is 12.0. The van der Waals surface area contributed by atoms with E-state index in [2.05, 4.69) is 10.1 Å². The second-order valence-corrected chi connectivity index (χ2v) is 4.65. The Morgan fingerprint density at radius 1 is 1.30 bits per heavy atom. The minimum Gasteiger partial charge on any atom is -0.493 e. The van der Waals surface area contributed by atoms with Crippen molar-refractivity contribution in [3.05, 3.63) is 30.2 Å². The van der Waals surface area contributed by atoms with Gasteiger partial charge in [0, 0.05) is 0 Å². The van der Waals surface area contributed by atoms with Crippen molar-refractivity contribution in [3.63, 3.8) is 0 Å². The molecular weight excluding hydrogens is 256 g/mol. The lowest BCUT2D eigenvalue weighted by molar-refractivity contribution is 0.129. The summed E-state index contributed by atoms with van der Waals surface area (Å²) in [6, 6.07) is 7.57. The van der Waals surface area contributed by atoms with Crippen LogP contribution < -0.4 is 4.74 Å². The van der Waals surface area contributed by atoms with E-state index in [0.717, 1.165) is 11.3 Å². The Morgan fingerprint density at radius 2 is 2.05 bits per heavy atom. The average molecular weight is 276 g/mol. The van der Waals surface area contributed by atoms with Crippen LogP contribution in [0.1, 0.15) is 39.0 Å². The Hall–Kier alpha value is -1.88. The molecule has 0 bridgehead atoms. The molecule has 108 valence electrons. The summed E-state index contributed by atoms with van der Waals surface area (Å²) in [6.45, 7) is 6.30. The third-order valence-corrected chi connectivity index (χ3v) is 3.25. The van der Waals surface area contributed by atoms with E-state index in [9.17, 15) is 5.11 Å². The molecular formula is C15H20N2O3. The fraction of sp³-hybridized carbons (Fsp3) is 0.467. The fourth-order valence-electron chi connectivity index (χ4n) is 1.98. The number of ether oxygens (including phenoxy) is 1. The minimum atomic E-state index is -0.481. The summed E-state index contributed by atoms with van der Waals surface area (Å²) in [5, 5.41) is 13.8. The van der Waals surface area contributed by atoms with Crippen LogP contribution >= 0.6 is 0 Å². The molecule has 0 fully saturated rings. The van der Waals surface area contributed by atoms with E-state index in [-0.39, 0.29) is 5.92 Å². The van der Waals surface area contributed by atoms with Gasteiger partial charge in [0.25, 0.3) is 0 Å². The first-order valence-corrected chi connectivity index (χ1v) is 6.91. The van der Waals surface area contributed by atoms with E-state index in [0.29, 0.717) is 24.7 Å². The van der Waals surface area contributed by atoms with E-state index in [1.165, 1.54) is 0 Å². The van der Waals surface area contributed by atoms with Gasteiger partial charge in [-0.05, 0) is 25.5 Å². The molecule has 2 unspecified atom stereocenters. The minimum absolute atomic E-state index is 0.180. The molecule has 2 atom stereocenters. The summed E-state index contributed by atoms with van der Waals surface area (Å²) in [5.41, 5.74) is 0.794. The lowest BCUT2D eigenvalue weighted by Crippen LogP contribution is -2.14. The molecule has 0 radical (unpaired) electrons. The van der Waals surface area contributed by atoms with Gasteiger partial charge in [0.2, 0.25) is 11.7 Å². The van der Waals surface area contributed by atoms with Gasteiger partial charge in [-0.2, -0.15) is 4.98 Å². The highest BCUT2D eigenvalue weighted by atomic mass is 16.5. The van der Waals surface area contributed by atoms with Gasteiger partial charge < -0.3 is 14.4 Å². The Kier molecular flexibility index (Phi) is 4.74. The van der Waals surface area contributed by atoms with Crippen LogP contribution in [0, 0.1) is 0 Å². The molecule has 0 aliphatic heterocycles. The highest BCUT2D eigenvalue weighted by Gasteiger charge is 2.22. The van der Waals surface area contributed by atoms with Crippen molar-refractivity contribution >= 4 is 0 Å². The van der Waals surface area contributed by atoms with Crippen molar-refractivity contribution in [1.82, 2.24) is 10.1 Å². The summed E-state index contributed by atoms with van der Waals surface area (Å²) in [4.78, 5) is 4.37. The molecule has 5 nitrogen and oxygen atoms in total. The van der Waals surface area contributed by atoms with Gasteiger partial charge in [0.1, 0.15) is 5.75 Å². The normalized spacial score (nSPS) is 14.0. The van der Waals surface area contributed by atoms with Crippen molar-refractivity contribution in [3.8, 4) is 17.1 Å². The van der Waals surface area contributed by atoms with Crippen molar-refractivity contribution in [2.75, 3.05) is 6.61 Å². The van der Waals surface area contributed by atoms with Crippen molar-refractivity contribution in [1.29, 1.82) is 0 Å². The van der Waals surface area contributed by atoms with Crippen LogP contribution in [0.3, 0.4) is 0 Å². The Morgan fingerprint density at radius 3 is 2.75 bits per heavy atom. The van der Waals surface area contributed by atoms with Crippen LogP contribution in [0.5, 0.6) is 5.75 Å². The molecule has 0 aliphatic rings. The van der Waals surface area contributed by atoms with Gasteiger partial charge in [0.05, 0.1) is 24.2 Å². The van der Waals surface area contributed by atoms with Crippen molar-refractivity contribution in [2.45, 2.75) is 39.2 Å². The number of para-hydroxylation sites is 1. The molecule has 2 aromatic rings. The number of aliphatic hydroxyl groups excluding tert-OH is 1. The largest absolute Gasteiger partial charge is 0.493 e. The lowest BCUT2D eigenvalue weighted by atomic mass is 10.0. The Balaban J connectivity index is 2.29. The summed E-state index contributed by atoms with van der Waals surface area (Å²) < 4.78 is 10.8. The zero-order chi connectivity index (χ0) is 14.5. The summed E-state index contributed by atoms with van der Waals surface area (Å²) in [7, 11) is 0. The molecule has 0 aliphatic carbocycles. The number of nitrogens with zero attached hydrogens (tertiary/aromatic N) is 2. The van der Waals surface area contributed by atoms with Crippen molar-refractivity contribution < 1.29 is 14.4 Å². The van der Waals surface area contributed by atoms with Gasteiger partial charge in [-0.25, -0.2) is 0 Å². The maximum atomic E-state index is 9.85. The van der Waals surface area contributed by atoms with Crippen LogP contribution in [0.15, 0.2) is 28.8 Å². The maximum absolute atomic E-state index is 9.85. The van der Waals surface area contributed by atoms with E-state index in [1.54, 1.807) is 0 Å².